The number of pyridine rings is 1. The SMILES string of the molecule is CCCC(=O)O[C@@H]1CCC[C@H]1C(C#N)(C1=CCN(CC2CN(c3ccc(S(=O)(=O)c4ccncc4)cc3)C2)C=C1)c1ccccc1. The fraction of sp³-hybridized carbons (Fsp3) is 0.378. The van der Waals surface area contributed by atoms with Crippen LogP contribution in [-0.4, -0.2) is 56.6 Å². The lowest BCUT2D eigenvalue weighted by Crippen LogP contribution is -2.51. The molecule has 1 aliphatic carbocycles. The first-order valence-electron chi connectivity index (χ1n) is 16.1. The molecule has 0 bridgehead atoms. The number of nitriles is 1. The monoisotopic (exact) mass is 636 g/mol. The highest BCUT2D eigenvalue weighted by atomic mass is 32.2. The topological polar surface area (TPSA) is 104 Å². The number of carbonyl (C=O) groups is 1. The van der Waals surface area contributed by atoms with Gasteiger partial charge in [0.05, 0.1) is 15.9 Å². The molecule has 0 spiro atoms. The van der Waals surface area contributed by atoms with E-state index in [1.165, 1.54) is 24.5 Å². The Labute approximate surface area is 271 Å². The van der Waals surface area contributed by atoms with Gasteiger partial charge in [-0.2, -0.15) is 5.26 Å². The maximum Gasteiger partial charge on any atom is 0.306 e. The predicted octanol–water partition coefficient (Wildman–Crippen LogP) is 6.08. The number of esters is 1. The van der Waals surface area contributed by atoms with Crippen molar-refractivity contribution in [2.24, 2.45) is 11.8 Å². The number of carbonyl (C=O) groups excluding carboxylic acids is 1. The number of allylic oxidation sites excluding steroid dienone is 2. The van der Waals surface area contributed by atoms with Gasteiger partial charge in [-0.3, -0.25) is 9.78 Å². The van der Waals surface area contributed by atoms with Crippen molar-refractivity contribution >= 4 is 21.5 Å². The summed E-state index contributed by atoms with van der Waals surface area (Å²) in [5, 5.41) is 10.9. The van der Waals surface area contributed by atoms with Gasteiger partial charge in [0.2, 0.25) is 9.84 Å². The van der Waals surface area contributed by atoms with Crippen molar-refractivity contribution in [3.63, 3.8) is 0 Å². The molecule has 3 aromatic rings. The van der Waals surface area contributed by atoms with E-state index in [0.29, 0.717) is 18.9 Å². The Hall–Kier alpha value is -4.42. The molecule has 9 heteroatoms. The zero-order valence-corrected chi connectivity index (χ0v) is 27.0. The summed E-state index contributed by atoms with van der Waals surface area (Å²) in [6.07, 6.45) is 12.7. The van der Waals surface area contributed by atoms with Crippen LogP contribution < -0.4 is 4.90 Å². The van der Waals surface area contributed by atoms with E-state index in [4.69, 9.17) is 4.74 Å². The number of nitrogens with zero attached hydrogens (tertiary/aromatic N) is 4. The standard InChI is InChI=1S/C37H40N4O4S/c1-2-7-36(42)45-35-11-6-10-34(35)37(27-38,29-8-4-3-5-9-29)30-18-22-40(23-19-30)24-28-25-41(26-28)31-12-14-32(15-13-31)46(43,44)33-16-20-39-21-17-33/h3-5,8-9,12-22,28,34-35H,2,6-7,10-11,23-26H2,1H3/t34-,35-,37?/m1/s1. The number of rotatable bonds is 11. The second-order valence-electron chi connectivity index (χ2n) is 12.5. The van der Waals surface area contributed by atoms with Gasteiger partial charge >= 0.3 is 5.97 Å². The molecule has 0 radical (unpaired) electrons. The summed E-state index contributed by atoms with van der Waals surface area (Å²) in [5.41, 5.74) is 2.02. The summed E-state index contributed by atoms with van der Waals surface area (Å²) < 4.78 is 31.8. The average Bonchev–Trinajstić information content (AvgIpc) is 3.53. The zero-order chi connectivity index (χ0) is 32.1. The molecule has 8 nitrogen and oxygen atoms in total. The van der Waals surface area contributed by atoms with E-state index in [9.17, 15) is 18.5 Å². The van der Waals surface area contributed by atoms with Crippen molar-refractivity contribution in [1.82, 2.24) is 9.88 Å². The van der Waals surface area contributed by atoms with Crippen LogP contribution in [0.3, 0.4) is 0 Å². The Morgan fingerprint density at radius 1 is 1.02 bits per heavy atom. The molecule has 1 aromatic heterocycles. The first kappa shape index (κ1) is 31.6. The van der Waals surface area contributed by atoms with E-state index in [1.54, 1.807) is 12.1 Å². The van der Waals surface area contributed by atoms with E-state index < -0.39 is 15.3 Å². The molecule has 0 amide bonds. The number of hydrogen-bond donors (Lipinski definition) is 0. The van der Waals surface area contributed by atoms with Gasteiger partial charge < -0.3 is 14.5 Å². The van der Waals surface area contributed by atoms with E-state index in [0.717, 1.165) is 62.1 Å². The molecule has 1 saturated heterocycles. The number of anilines is 1. The third-order valence-electron chi connectivity index (χ3n) is 9.54. The van der Waals surface area contributed by atoms with Crippen LogP contribution in [0.25, 0.3) is 0 Å². The molecule has 0 N–H and O–H groups in total. The molecular formula is C37H40N4O4S. The number of ether oxygens (including phenoxy) is 1. The van der Waals surface area contributed by atoms with Crippen LogP contribution in [0.4, 0.5) is 5.69 Å². The lowest BCUT2D eigenvalue weighted by Gasteiger charge is -2.44. The fourth-order valence-corrected chi connectivity index (χ4v) is 8.42. The van der Waals surface area contributed by atoms with E-state index in [-0.39, 0.29) is 27.8 Å². The Kier molecular flexibility index (Phi) is 9.27. The Bertz CT molecular complexity index is 1730. The molecule has 3 atom stereocenters. The summed E-state index contributed by atoms with van der Waals surface area (Å²) in [6.45, 7) is 5.33. The molecule has 238 valence electrons. The van der Waals surface area contributed by atoms with Crippen LogP contribution in [-0.2, 0) is 24.8 Å². The molecule has 3 aliphatic rings. The van der Waals surface area contributed by atoms with Crippen molar-refractivity contribution in [1.29, 1.82) is 5.26 Å². The average molecular weight is 637 g/mol. The quantitative estimate of drug-likeness (QED) is 0.233. The molecule has 2 fully saturated rings. The third-order valence-corrected chi connectivity index (χ3v) is 11.3. The molecule has 1 saturated carbocycles. The maximum absolute atomic E-state index is 12.9. The number of aromatic nitrogens is 1. The summed E-state index contributed by atoms with van der Waals surface area (Å²) in [4.78, 5) is 21.5. The third kappa shape index (κ3) is 6.19. The molecule has 46 heavy (non-hydrogen) atoms. The lowest BCUT2D eigenvalue weighted by molar-refractivity contribution is -0.151. The first-order chi connectivity index (χ1) is 22.3. The van der Waals surface area contributed by atoms with Crippen molar-refractivity contribution in [3.05, 3.63) is 109 Å². The summed E-state index contributed by atoms with van der Waals surface area (Å²) in [6, 6.07) is 22.8. The minimum Gasteiger partial charge on any atom is -0.462 e. The normalized spacial score (nSPS) is 21.2. The molecule has 3 heterocycles. The first-order valence-corrected chi connectivity index (χ1v) is 17.6. The summed E-state index contributed by atoms with van der Waals surface area (Å²) >= 11 is 0. The van der Waals surface area contributed by atoms with Gasteiger partial charge in [0, 0.05) is 62.5 Å². The maximum atomic E-state index is 12.9. The summed E-state index contributed by atoms with van der Waals surface area (Å²) in [5.74, 6) is 0.167. The van der Waals surface area contributed by atoms with Crippen LogP contribution in [0.15, 0.2) is 113 Å². The second-order valence-corrected chi connectivity index (χ2v) is 14.4. The zero-order valence-electron chi connectivity index (χ0n) is 26.2. The Balaban J connectivity index is 1.10. The van der Waals surface area contributed by atoms with Crippen LogP contribution in [0.2, 0.25) is 0 Å². The molecular weight excluding hydrogens is 596 g/mol. The second kappa shape index (κ2) is 13.5. The van der Waals surface area contributed by atoms with Crippen LogP contribution >= 0.6 is 0 Å². The van der Waals surface area contributed by atoms with Crippen molar-refractivity contribution in [2.75, 3.05) is 31.1 Å². The molecule has 1 unspecified atom stereocenters. The summed E-state index contributed by atoms with van der Waals surface area (Å²) in [7, 11) is -3.57. The molecule has 6 rings (SSSR count). The van der Waals surface area contributed by atoms with E-state index in [1.807, 2.05) is 49.4 Å². The number of benzene rings is 2. The Morgan fingerprint density at radius 3 is 2.39 bits per heavy atom. The van der Waals surface area contributed by atoms with Gasteiger partial charge in [0.15, 0.2) is 0 Å². The highest BCUT2D eigenvalue weighted by molar-refractivity contribution is 7.91. The van der Waals surface area contributed by atoms with Gasteiger partial charge in [-0.05, 0) is 85.5 Å². The fourth-order valence-electron chi connectivity index (χ4n) is 7.18. The Morgan fingerprint density at radius 2 is 1.74 bits per heavy atom. The largest absolute Gasteiger partial charge is 0.462 e. The minimum absolute atomic E-state index is 0.116. The lowest BCUT2D eigenvalue weighted by atomic mass is 9.64. The van der Waals surface area contributed by atoms with E-state index in [2.05, 4.69) is 39.2 Å². The smallest absolute Gasteiger partial charge is 0.306 e. The van der Waals surface area contributed by atoms with Crippen LogP contribution in [0, 0.1) is 23.2 Å². The number of sulfone groups is 1. The van der Waals surface area contributed by atoms with Crippen molar-refractivity contribution in [3.8, 4) is 6.07 Å². The van der Waals surface area contributed by atoms with Crippen LogP contribution in [0.5, 0.6) is 0 Å². The van der Waals surface area contributed by atoms with Gasteiger partial charge in [0.1, 0.15) is 11.5 Å². The highest BCUT2D eigenvalue weighted by Crippen LogP contribution is 2.49. The van der Waals surface area contributed by atoms with Gasteiger partial charge in [-0.25, -0.2) is 8.42 Å². The van der Waals surface area contributed by atoms with E-state index >= 15 is 0 Å². The minimum atomic E-state index is -3.57. The highest BCUT2D eigenvalue weighted by Gasteiger charge is 2.50. The predicted molar refractivity (Wildman–Crippen MR) is 176 cm³/mol. The van der Waals surface area contributed by atoms with Gasteiger partial charge in [-0.15, -0.1) is 0 Å². The molecule has 2 aliphatic heterocycles. The van der Waals surface area contributed by atoms with Crippen molar-refractivity contribution in [2.45, 2.75) is 60.3 Å². The van der Waals surface area contributed by atoms with Crippen molar-refractivity contribution < 1.29 is 17.9 Å². The van der Waals surface area contributed by atoms with Crippen LogP contribution in [0.1, 0.15) is 44.6 Å². The molecule has 2 aromatic carbocycles. The number of hydrogen-bond acceptors (Lipinski definition) is 8. The van der Waals surface area contributed by atoms with Gasteiger partial charge in [0.25, 0.3) is 0 Å². The van der Waals surface area contributed by atoms with Gasteiger partial charge in [-0.1, -0.05) is 43.3 Å².